The van der Waals surface area contributed by atoms with Crippen LogP contribution in [0.3, 0.4) is 0 Å². The first-order valence-corrected chi connectivity index (χ1v) is 6.90. The largest absolute Gasteiger partial charge is 0.366 e. The maximum Gasteiger partial charge on any atom is 0.248 e. The van der Waals surface area contributed by atoms with E-state index >= 15 is 0 Å². The minimum Gasteiger partial charge on any atom is -0.366 e. The third-order valence-electron chi connectivity index (χ3n) is 3.94. The normalized spacial score (nSPS) is 19.8. The van der Waals surface area contributed by atoms with Crippen LogP contribution < -0.4 is 11.1 Å². The second-order valence-corrected chi connectivity index (χ2v) is 5.33. The van der Waals surface area contributed by atoms with Crippen LogP contribution in [0.1, 0.15) is 34.3 Å². The van der Waals surface area contributed by atoms with Gasteiger partial charge in [0.25, 0.3) is 0 Å². The summed E-state index contributed by atoms with van der Waals surface area (Å²) in [6.45, 7) is 5.20. The molecule has 2 rings (SSSR count). The molecule has 1 unspecified atom stereocenters. The van der Waals surface area contributed by atoms with E-state index in [1.807, 2.05) is 32.2 Å². The van der Waals surface area contributed by atoms with Crippen LogP contribution in [-0.4, -0.2) is 37.0 Å². The van der Waals surface area contributed by atoms with E-state index in [-0.39, 0.29) is 5.91 Å². The van der Waals surface area contributed by atoms with Crippen molar-refractivity contribution < 1.29 is 4.79 Å². The number of hydrogen-bond acceptors (Lipinski definition) is 3. The summed E-state index contributed by atoms with van der Waals surface area (Å²) in [5.41, 5.74) is 8.32. The first-order chi connectivity index (χ1) is 9.11. The van der Waals surface area contributed by atoms with Gasteiger partial charge in [-0.25, -0.2) is 0 Å². The van der Waals surface area contributed by atoms with E-state index < -0.39 is 0 Å². The molecular formula is C15H23N3O. The third kappa shape index (κ3) is 3.33. The molecule has 1 amide bonds. The standard InChI is InChI=1S/C15H23N3O/c1-11-8-12(15(16)19)5-6-13(11)10-18-7-3-4-14(18)9-17-2/h5-6,8,14,17H,3-4,7,9-10H2,1-2H3,(H2,16,19). The van der Waals surface area contributed by atoms with E-state index in [4.69, 9.17) is 5.73 Å². The molecule has 1 fully saturated rings. The Bertz CT molecular complexity index is 459. The molecule has 1 aliphatic rings. The molecule has 0 radical (unpaired) electrons. The van der Waals surface area contributed by atoms with E-state index in [2.05, 4.69) is 10.2 Å². The summed E-state index contributed by atoms with van der Waals surface area (Å²) in [5, 5.41) is 3.26. The van der Waals surface area contributed by atoms with Crippen LogP contribution in [0.15, 0.2) is 18.2 Å². The monoisotopic (exact) mass is 261 g/mol. The topological polar surface area (TPSA) is 58.4 Å². The van der Waals surface area contributed by atoms with Crippen LogP contribution in [0.4, 0.5) is 0 Å². The van der Waals surface area contributed by atoms with Gasteiger partial charge in [0.2, 0.25) is 5.91 Å². The zero-order valence-corrected chi connectivity index (χ0v) is 11.8. The van der Waals surface area contributed by atoms with Gasteiger partial charge in [0.05, 0.1) is 0 Å². The lowest BCUT2D eigenvalue weighted by Gasteiger charge is -2.25. The Kier molecular flexibility index (Phi) is 4.56. The molecule has 1 aromatic carbocycles. The molecule has 0 aliphatic carbocycles. The minimum atomic E-state index is -0.358. The molecule has 0 spiro atoms. The number of likely N-dealkylation sites (tertiary alicyclic amines) is 1. The van der Waals surface area contributed by atoms with Crippen molar-refractivity contribution >= 4 is 5.91 Å². The Morgan fingerprint density at radius 2 is 2.32 bits per heavy atom. The van der Waals surface area contributed by atoms with Crippen LogP contribution in [0, 0.1) is 6.92 Å². The summed E-state index contributed by atoms with van der Waals surface area (Å²) < 4.78 is 0. The van der Waals surface area contributed by atoms with Crippen molar-refractivity contribution in [1.29, 1.82) is 0 Å². The highest BCUT2D eigenvalue weighted by Gasteiger charge is 2.24. The number of aryl methyl sites for hydroxylation is 1. The van der Waals surface area contributed by atoms with Gasteiger partial charge in [0, 0.05) is 24.7 Å². The summed E-state index contributed by atoms with van der Waals surface area (Å²) in [4.78, 5) is 13.7. The van der Waals surface area contributed by atoms with Gasteiger partial charge in [0.15, 0.2) is 0 Å². The fraction of sp³-hybridized carbons (Fsp3) is 0.533. The molecule has 104 valence electrons. The van der Waals surface area contributed by atoms with Gasteiger partial charge in [-0.05, 0) is 56.6 Å². The van der Waals surface area contributed by atoms with Gasteiger partial charge in [-0.1, -0.05) is 6.07 Å². The SMILES string of the molecule is CNCC1CCCN1Cc1ccc(C(N)=O)cc1C. The predicted octanol–water partition coefficient (Wildman–Crippen LogP) is 1.28. The Morgan fingerprint density at radius 3 is 2.95 bits per heavy atom. The van der Waals surface area contributed by atoms with Crippen molar-refractivity contribution in [3.8, 4) is 0 Å². The van der Waals surface area contributed by atoms with Gasteiger partial charge in [-0.2, -0.15) is 0 Å². The minimum absolute atomic E-state index is 0.358. The van der Waals surface area contributed by atoms with Gasteiger partial charge >= 0.3 is 0 Å². The fourth-order valence-electron chi connectivity index (χ4n) is 2.82. The Hall–Kier alpha value is -1.39. The van der Waals surface area contributed by atoms with E-state index in [1.165, 1.54) is 18.4 Å². The lowest BCUT2D eigenvalue weighted by Crippen LogP contribution is -2.36. The molecule has 0 saturated carbocycles. The molecule has 4 nitrogen and oxygen atoms in total. The second-order valence-electron chi connectivity index (χ2n) is 5.33. The summed E-state index contributed by atoms with van der Waals surface area (Å²) in [6, 6.07) is 6.37. The zero-order valence-electron chi connectivity index (χ0n) is 11.8. The molecule has 1 aliphatic heterocycles. The van der Waals surface area contributed by atoms with E-state index in [1.54, 1.807) is 0 Å². The number of nitrogens with two attached hydrogens (primary N) is 1. The Balaban J connectivity index is 2.08. The number of nitrogens with one attached hydrogen (secondary N) is 1. The number of likely N-dealkylation sites (N-methyl/N-ethyl adjacent to an activating group) is 1. The molecule has 19 heavy (non-hydrogen) atoms. The molecule has 4 heteroatoms. The molecule has 3 N–H and O–H groups in total. The molecule has 1 aromatic rings. The number of primary amides is 1. The lowest BCUT2D eigenvalue weighted by molar-refractivity contribution is 0.1000. The maximum absolute atomic E-state index is 11.1. The average molecular weight is 261 g/mol. The quantitative estimate of drug-likeness (QED) is 0.839. The molecule has 1 atom stereocenters. The highest BCUT2D eigenvalue weighted by atomic mass is 16.1. The number of benzene rings is 1. The van der Waals surface area contributed by atoms with Gasteiger partial charge in [0.1, 0.15) is 0 Å². The van der Waals surface area contributed by atoms with Gasteiger partial charge in [-0.3, -0.25) is 9.69 Å². The molecule has 1 heterocycles. The summed E-state index contributed by atoms with van der Waals surface area (Å²) >= 11 is 0. The summed E-state index contributed by atoms with van der Waals surface area (Å²) in [6.07, 6.45) is 2.53. The van der Waals surface area contributed by atoms with E-state index in [9.17, 15) is 4.79 Å². The maximum atomic E-state index is 11.1. The van der Waals surface area contributed by atoms with Crippen LogP contribution >= 0.6 is 0 Å². The fourth-order valence-corrected chi connectivity index (χ4v) is 2.82. The van der Waals surface area contributed by atoms with Crippen molar-refractivity contribution in [2.75, 3.05) is 20.1 Å². The highest BCUT2D eigenvalue weighted by Crippen LogP contribution is 2.21. The summed E-state index contributed by atoms with van der Waals surface area (Å²) in [7, 11) is 2.00. The Morgan fingerprint density at radius 1 is 1.53 bits per heavy atom. The van der Waals surface area contributed by atoms with Crippen LogP contribution in [0.5, 0.6) is 0 Å². The molecule has 0 bridgehead atoms. The van der Waals surface area contributed by atoms with Crippen molar-refractivity contribution in [3.05, 3.63) is 34.9 Å². The first kappa shape index (κ1) is 14.0. The Labute approximate surface area is 115 Å². The smallest absolute Gasteiger partial charge is 0.248 e. The summed E-state index contributed by atoms with van der Waals surface area (Å²) in [5.74, 6) is -0.358. The lowest BCUT2D eigenvalue weighted by atomic mass is 10.0. The first-order valence-electron chi connectivity index (χ1n) is 6.90. The zero-order chi connectivity index (χ0) is 13.8. The second kappa shape index (κ2) is 6.17. The van der Waals surface area contributed by atoms with Gasteiger partial charge < -0.3 is 11.1 Å². The predicted molar refractivity (Wildman–Crippen MR) is 77.1 cm³/mol. The molecular weight excluding hydrogens is 238 g/mol. The van der Waals surface area contributed by atoms with E-state index in [0.29, 0.717) is 11.6 Å². The van der Waals surface area contributed by atoms with Crippen LogP contribution in [0.25, 0.3) is 0 Å². The number of amides is 1. The number of nitrogens with zero attached hydrogens (tertiary/aromatic N) is 1. The number of rotatable bonds is 5. The number of carbonyl (C=O) groups excluding carboxylic acids is 1. The van der Waals surface area contributed by atoms with E-state index in [0.717, 1.165) is 25.2 Å². The number of carbonyl (C=O) groups is 1. The molecule has 1 saturated heterocycles. The van der Waals surface area contributed by atoms with Crippen molar-refractivity contribution in [1.82, 2.24) is 10.2 Å². The number of hydrogen-bond donors (Lipinski definition) is 2. The van der Waals surface area contributed by atoms with Crippen molar-refractivity contribution in [2.45, 2.75) is 32.4 Å². The van der Waals surface area contributed by atoms with Crippen LogP contribution in [0.2, 0.25) is 0 Å². The third-order valence-corrected chi connectivity index (χ3v) is 3.94. The average Bonchev–Trinajstić information content (AvgIpc) is 2.79. The van der Waals surface area contributed by atoms with Crippen molar-refractivity contribution in [2.24, 2.45) is 5.73 Å². The van der Waals surface area contributed by atoms with Gasteiger partial charge in [-0.15, -0.1) is 0 Å². The van der Waals surface area contributed by atoms with Crippen LogP contribution in [-0.2, 0) is 6.54 Å². The molecule has 0 aromatic heterocycles. The van der Waals surface area contributed by atoms with Crippen molar-refractivity contribution in [3.63, 3.8) is 0 Å². The highest BCUT2D eigenvalue weighted by molar-refractivity contribution is 5.93.